The molecule has 0 unspecified atom stereocenters. The zero-order valence-corrected chi connectivity index (χ0v) is 13.0. The molecule has 0 aliphatic carbocycles. The standard InChI is InChI=1S/C17H23N5/c1-18-16-6-3-2-5-14(16)13-19-15-8-11-22(12-9-15)17-7-4-10-20-21-17/h2-7,10,15,18-19H,8-9,11-13H2,1H3. The Morgan fingerprint density at radius 2 is 1.95 bits per heavy atom. The molecule has 1 aromatic carbocycles. The summed E-state index contributed by atoms with van der Waals surface area (Å²) in [5, 5.41) is 15.1. The molecule has 116 valence electrons. The van der Waals surface area contributed by atoms with Crippen molar-refractivity contribution in [2.45, 2.75) is 25.4 Å². The monoisotopic (exact) mass is 297 g/mol. The van der Waals surface area contributed by atoms with Crippen LogP contribution < -0.4 is 15.5 Å². The third kappa shape index (κ3) is 3.54. The fourth-order valence-electron chi connectivity index (χ4n) is 2.95. The van der Waals surface area contributed by atoms with Crippen LogP contribution in [0.5, 0.6) is 0 Å². The highest BCUT2D eigenvalue weighted by Crippen LogP contribution is 2.18. The maximum atomic E-state index is 4.19. The maximum Gasteiger partial charge on any atom is 0.151 e. The Kier molecular flexibility index (Phi) is 4.85. The van der Waals surface area contributed by atoms with Crippen LogP contribution in [0.25, 0.3) is 0 Å². The van der Waals surface area contributed by atoms with Gasteiger partial charge >= 0.3 is 0 Å². The quantitative estimate of drug-likeness (QED) is 0.887. The van der Waals surface area contributed by atoms with Gasteiger partial charge in [0.05, 0.1) is 0 Å². The van der Waals surface area contributed by atoms with Gasteiger partial charge in [-0.1, -0.05) is 18.2 Å². The van der Waals surface area contributed by atoms with Crippen molar-refractivity contribution in [1.29, 1.82) is 0 Å². The molecule has 5 heteroatoms. The van der Waals surface area contributed by atoms with E-state index in [0.29, 0.717) is 6.04 Å². The lowest BCUT2D eigenvalue weighted by Crippen LogP contribution is -2.42. The first-order valence-corrected chi connectivity index (χ1v) is 7.88. The number of nitrogens with one attached hydrogen (secondary N) is 2. The molecule has 1 fully saturated rings. The SMILES string of the molecule is CNc1ccccc1CNC1CCN(c2cccnn2)CC1. The Morgan fingerprint density at radius 1 is 1.14 bits per heavy atom. The van der Waals surface area contributed by atoms with Gasteiger partial charge in [0, 0.05) is 44.6 Å². The molecular weight excluding hydrogens is 274 g/mol. The van der Waals surface area contributed by atoms with Gasteiger partial charge in [-0.25, -0.2) is 0 Å². The van der Waals surface area contributed by atoms with Crippen molar-refractivity contribution in [2.24, 2.45) is 0 Å². The van der Waals surface area contributed by atoms with Crippen LogP contribution in [-0.2, 0) is 6.54 Å². The van der Waals surface area contributed by atoms with E-state index in [1.807, 2.05) is 19.2 Å². The Labute approximate surface area is 131 Å². The van der Waals surface area contributed by atoms with Crippen LogP contribution in [0.4, 0.5) is 11.5 Å². The molecule has 0 bridgehead atoms. The number of hydrogen-bond acceptors (Lipinski definition) is 5. The van der Waals surface area contributed by atoms with Gasteiger partial charge < -0.3 is 15.5 Å². The summed E-state index contributed by atoms with van der Waals surface area (Å²) in [7, 11) is 1.97. The predicted molar refractivity (Wildman–Crippen MR) is 90.1 cm³/mol. The molecule has 0 spiro atoms. The molecule has 0 saturated carbocycles. The summed E-state index contributed by atoms with van der Waals surface area (Å²) in [6, 6.07) is 13.0. The van der Waals surface area contributed by atoms with Crippen molar-refractivity contribution in [3.05, 3.63) is 48.2 Å². The number of rotatable bonds is 5. The minimum atomic E-state index is 0.567. The third-order valence-corrected chi connectivity index (χ3v) is 4.25. The van der Waals surface area contributed by atoms with Crippen LogP contribution in [0.1, 0.15) is 18.4 Å². The van der Waals surface area contributed by atoms with E-state index in [2.05, 4.69) is 50.0 Å². The molecule has 0 amide bonds. The summed E-state index contributed by atoms with van der Waals surface area (Å²) >= 11 is 0. The summed E-state index contributed by atoms with van der Waals surface area (Å²) in [5.41, 5.74) is 2.52. The van der Waals surface area contributed by atoms with Gasteiger partial charge in [-0.15, -0.1) is 5.10 Å². The Hall–Kier alpha value is -2.14. The van der Waals surface area contributed by atoms with E-state index in [1.54, 1.807) is 6.20 Å². The largest absolute Gasteiger partial charge is 0.388 e. The molecule has 1 saturated heterocycles. The smallest absolute Gasteiger partial charge is 0.151 e. The number of nitrogens with zero attached hydrogens (tertiary/aromatic N) is 3. The number of hydrogen-bond donors (Lipinski definition) is 2. The highest BCUT2D eigenvalue weighted by molar-refractivity contribution is 5.50. The molecular formula is C17H23N5. The van der Waals surface area contributed by atoms with Gasteiger partial charge in [0.1, 0.15) is 0 Å². The normalized spacial score (nSPS) is 15.8. The molecule has 22 heavy (non-hydrogen) atoms. The molecule has 2 heterocycles. The van der Waals surface area contributed by atoms with Crippen LogP contribution in [0.2, 0.25) is 0 Å². The average Bonchev–Trinajstić information content (AvgIpc) is 2.61. The zero-order valence-electron chi connectivity index (χ0n) is 13.0. The predicted octanol–water partition coefficient (Wildman–Crippen LogP) is 2.28. The number of piperidine rings is 1. The Balaban J connectivity index is 1.50. The fraction of sp³-hybridized carbons (Fsp3) is 0.412. The van der Waals surface area contributed by atoms with Crippen molar-refractivity contribution >= 4 is 11.5 Å². The number of benzene rings is 1. The lowest BCUT2D eigenvalue weighted by atomic mass is 10.0. The second kappa shape index (κ2) is 7.22. The first kappa shape index (κ1) is 14.8. The maximum absolute atomic E-state index is 4.19. The van der Waals surface area contributed by atoms with Crippen molar-refractivity contribution in [1.82, 2.24) is 15.5 Å². The highest BCUT2D eigenvalue weighted by atomic mass is 15.3. The van der Waals surface area contributed by atoms with Crippen molar-refractivity contribution in [3.63, 3.8) is 0 Å². The van der Waals surface area contributed by atoms with Crippen LogP contribution in [0, 0.1) is 0 Å². The van der Waals surface area contributed by atoms with Crippen molar-refractivity contribution in [3.8, 4) is 0 Å². The fourth-order valence-corrected chi connectivity index (χ4v) is 2.95. The lowest BCUT2D eigenvalue weighted by molar-refractivity contribution is 0.412. The molecule has 0 atom stereocenters. The first-order valence-electron chi connectivity index (χ1n) is 7.88. The van der Waals surface area contributed by atoms with Crippen LogP contribution in [-0.4, -0.2) is 36.4 Å². The van der Waals surface area contributed by atoms with E-state index in [-0.39, 0.29) is 0 Å². The van der Waals surface area contributed by atoms with E-state index in [9.17, 15) is 0 Å². The topological polar surface area (TPSA) is 53.1 Å². The van der Waals surface area contributed by atoms with E-state index < -0.39 is 0 Å². The molecule has 5 nitrogen and oxygen atoms in total. The second-order valence-electron chi connectivity index (χ2n) is 5.63. The van der Waals surface area contributed by atoms with Crippen LogP contribution in [0.3, 0.4) is 0 Å². The minimum Gasteiger partial charge on any atom is -0.388 e. The first-order chi connectivity index (χ1) is 10.9. The average molecular weight is 297 g/mol. The van der Waals surface area contributed by atoms with Crippen LogP contribution in [0.15, 0.2) is 42.6 Å². The number of para-hydroxylation sites is 1. The Morgan fingerprint density at radius 3 is 2.68 bits per heavy atom. The van der Waals surface area contributed by atoms with E-state index in [1.165, 1.54) is 11.3 Å². The number of anilines is 2. The zero-order chi connectivity index (χ0) is 15.2. The summed E-state index contributed by atoms with van der Waals surface area (Å²) in [6.45, 7) is 2.97. The van der Waals surface area contributed by atoms with Gasteiger partial charge in [0.15, 0.2) is 5.82 Å². The van der Waals surface area contributed by atoms with Gasteiger partial charge in [0.25, 0.3) is 0 Å². The van der Waals surface area contributed by atoms with Gasteiger partial charge in [-0.3, -0.25) is 0 Å². The highest BCUT2D eigenvalue weighted by Gasteiger charge is 2.19. The molecule has 1 aliphatic heterocycles. The van der Waals surface area contributed by atoms with Gasteiger partial charge in [-0.05, 0) is 36.6 Å². The molecule has 3 rings (SSSR count). The molecule has 1 aromatic heterocycles. The summed E-state index contributed by atoms with van der Waals surface area (Å²) < 4.78 is 0. The minimum absolute atomic E-state index is 0.567. The molecule has 1 aliphatic rings. The van der Waals surface area contributed by atoms with Crippen LogP contribution >= 0.6 is 0 Å². The molecule has 0 radical (unpaired) electrons. The van der Waals surface area contributed by atoms with E-state index >= 15 is 0 Å². The Bertz CT molecular complexity index is 579. The van der Waals surface area contributed by atoms with Gasteiger partial charge in [0.2, 0.25) is 0 Å². The number of aromatic nitrogens is 2. The third-order valence-electron chi connectivity index (χ3n) is 4.25. The van der Waals surface area contributed by atoms with Crippen molar-refractivity contribution < 1.29 is 0 Å². The molecule has 2 N–H and O–H groups in total. The summed E-state index contributed by atoms with van der Waals surface area (Å²) in [5.74, 6) is 0.987. The van der Waals surface area contributed by atoms with E-state index in [4.69, 9.17) is 0 Å². The van der Waals surface area contributed by atoms with Crippen molar-refractivity contribution in [2.75, 3.05) is 30.4 Å². The summed E-state index contributed by atoms with van der Waals surface area (Å²) in [4.78, 5) is 2.31. The molecule has 2 aromatic rings. The van der Waals surface area contributed by atoms with Gasteiger partial charge in [-0.2, -0.15) is 5.10 Å². The van der Waals surface area contributed by atoms with E-state index in [0.717, 1.165) is 38.3 Å². The summed E-state index contributed by atoms with van der Waals surface area (Å²) in [6.07, 6.45) is 3.99. The lowest BCUT2D eigenvalue weighted by Gasteiger charge is -2.33. The second-order valence-corrected chi connectivity index (χ2v) is 5.63.